The van der Waals surface area contributed by atoms with E-state index in [1.807, 2.05) is 69.2 Å². The summed E-state index contributed by atoms with van der Waals surface area (Å²) in [6, 6.07) is 10.1. The smallest absolute Gasteiger partial charge is 0.251 e. The number of hydrogen-bond acceptors (Lipinski definition) is 11. The van der Waals surface area contributed by atoms with E-state index in [9.17, 15) is 28.2 Å². The predicted octanol–water partition coefficient (Wildman–Crippen LogP) is 3.57. The molecule has 6 rings (SSSR count). The third-order valence-corrected chi connectivity index (χ3v) is 13.5. The highest BCUT2D eigenvalue weighted by molar-refractivity contribution is 7.90. The predicted molar refractivity (Wildman–Crippen MR) is 219 cm³/mol. The van der Waals surface area contributed by atoms with Gasteiger partial charge in [-0.05, 0) is 94.1 Å². The number of fused-ring (bicyclic) bond motifs is 2. The van der Waals surface area contributed by atoms with Crippen LogP contribution >= 0.6 is 0 Å². The Kier molecular flexibility index (Phi) is 13.9. The zero-order valence-corrected chi connectivity index (χ0v) is 35.7. The topological polar surface area (TPSA) is 161 Å². The number of carbonyl (C=O) groups is 2. The van der Waals surface area contributed by atoms with Crippen molar-refractivity contribution in [3.63, 3.8) is 0 Å². The fourth-order valence-corrected chi connectivity index (χ4v) is 10.0. The lowest BCUT2D eigenvalue weighted by atomic mass is 9.45. The van der Waals surface area contributed by atoms with Gasteiger partial charge in [0.1, 0.15) is 27.7 Å². The van der Waals surface area contributed by atoms with Gasteiger partial charge >= 0.3 is 0 Å². The zero-order valence-electron chi connectivity index (χ0n) is 34.9. The second kappa shape index (κ2) is 17.7. The zero-order chi connectivity index (χ0) is 41.3. The van der Waals surface area contributed by atoms with Gasteiger partial charge in [-0.25, -0.2) is 8.42 Å². The van der Waals surface area contributed by atoms with Crippen molar-refractivity contribution in [2.75, 3.05) is 64.9 Å². The summed E-state index contributed by atoms with van der Waals surface area (Å²) in [6.45, 7) is 11.0. The molecule has 4 aliphatic rings. The van der Waals surface area contributed by atoms with E-state index in [1.165, 1.54) is 12.7 Å². The molecule has 2 aromatic carbocycles. The van der Waals surface area contributed by atoms with Crippen molar-refractivity contribution < 1.29 is 37.8 Å². The quantitative estimate of drug-likeness (QED) is 0.185. The maximum absolute atomic E-state index is 14.3. The van der Waals surface area contributed by atoms with Gasteiger partial charge in [0.25, 0.3) is 5.91 Å². The average molecular weight is 800 g/mol. The molecular formula is C42H65N5O8S. The first kappa shape index (κ1) is 43.8. The van der Waals surface area contributed by atoms with Gasteiger partial charge in [0.05, 0.1) is 31.6 Å². The fourth-order valence-electron chi connectivity index (χ4n) is 9.33. The Labute approximate surface area is 334 Å². The summed E-state index contributed by atoms with van der Waals surface area (Å²) in [6.07, 6.45) is 1.86. The van der Waals surface area contributed by atoms with Crippen LogP contribution in [0.5, 0.6) is 5.75 Å². The standard InChI is InChI=1S/C42H65N5O8S/c1-11-54-39-27(22-47-38(37(26(3)49)36(24-48)55-47)41(51)44-35-21-30-20-34(25(35)2)42(30,4)5)13-12-14-33(39)28-17-29(19-32(18-28)46(8)9)40(50)43-31(23-45(6)7)15-16-56(10,52)53/h12-14,17-19,25-26,30-31,34-38,48-49H,11,15-16,20-24H2,1-10H3,(H,43,50)(H,44,51)/t25-,26-,30-,31-,34-,35-,36-,37+,38?/m0/s1. The molecule has 56 heavy (non-hydrogen) atoms. The molecule has 3 aliphatic carbocycles. The van der Waals surface area contributed by atoms with E-state index in [0.717, 1.165) is 28.8 Å². The highest BCUT2D eigenvalue weighted by Crippen LogP contribution is 2.61. The van der Waals surface area contributed by atoms with Crippen LogP contribution in [0.1, 0.15) is 69.8 Å². The van der Waals surface area contributed by atoms with Crippen molar-refractivity contribution >= 4 is 27.3 Å². The molecule has 2 bridgehead atoms. The number of ether oxygens (including phenoxy) is 1. The first-order valence-corrected chi connectivity index (χ1v) is 22.0. The van der Waals surface area contributed by atoms with E-state index in [-0.39, 0.29) is 48.6 Å². The Morgan fingerprint density at radius 2 is 1.84 bits per heavy atom. The number of aliphatic hydroxyl groups is 2. The van der Waals surface area contributed by atoms with Gasteiger partial charge in [0.2, 0.25) is 5.91 Å². The Morgan fingerprint density at radius 1 is 1.12 bits per heavy atom. The molecule has 3 saturated carbocycles. The maximum atomic E-state index is 14.3. The number of benzene rings is 2. The molecule has 1 aliphatic heterocycles. The van der Waals surface area contributed by atoms with Crippen LogP contribution in [0.3, 0.4) is 0 Å². The van der Waals surface area contributed by atoms with Crippen molar-refractivity contribution in [3.05, 3.63) is 47.5 Å². The van der Waals surface area contributed by atoms with Crippen LogP contribution in [-0.4, -0.2) is 131 Å². The molecule has 9 atom stereocenters. The first-order chi connectivity index (χ1) is 26.2. The molecule has 1 heterocycles. The number of carbonyl (C=O) groups excluding carboxylic acids is 2. The lowest BCUT2D eigenvalue weighted by Gasteiger charge is -2.62. The van der Waals surface area contributed by atoms with Crippen LogP contribution in [0, 0.1) is 29.1 Å². The SMILES string of the molecule is CCOc1c(CN2O[C@@H](CO)[C@@H]([C@H](C)O)C2C(=O)N[C@H]2C[C@@H]3C[C@@H]([C@@H]2C)C3(C)C)cccc1-c1cc(C(=O)N[C@@H](CCS(C)(=O)=O)CN(C)C)cc(N(C)C)c1. The number of para-hydroxylation sites is 1. The number of likely N-dealkylation sites (N-methyl/N-ethyl adjacent to an activating group) is 1. The van der Waals surface area contributed by atoms with Crippen molar-refractivity contribution in [1.82, 2.24) is 20.6 Å². The average Bonchev–Trinajstić information content (AvgIpc) is 3.49. The van der Waals surface area contributed by atoms with E-state index in [0.29, 0.717) is 42.2 Å². The summed E-state index contributed by atoms with van der Waals surface area (Å²) in [7, 11) is 4.32. The Morgan fingerprint density at radius 3 is 2.41 bits per heavy atom. The van der Waals surface area contributed by atoms with E-state index in [2.05, 4.69) is 31.4 Å². The number of aliphatic hydroxyl groups excluding tert-OH is 2. The van der Waals surface area contributed by atoms with E-state index in [4.69, 9.17) is 9.57 Å². The normalized spacial score (nSPS) is 27.0. The number of nitrogens with one attached hydrogen (secondary N) is 2. The molecule has 4 N–H and O–H groups in total. The third-order valence-electron chi connectivity index (χ3n) is 12.5. The minimum absolute atomic E-state index is 0.0134. The Hall–Kier alpha value is -3.27. The molecule has 0 spiro atoms. The molecule has 14 heteroatoms. The van der Waals surface area contributed by atoms with Crippen LogP contribution in [0.4, 0.5) is 5.69 Å². The number of amides is 2. The summed E-state index contributed by atoms with van der Waals surface area (Å²) in [4.78, 5) is 38.3. The number of hydroxylamine groups is 2. The molecule has 0 radical (unpaired) electrons. The second-order valence-electron chi connectivity index (χ2n) is 17.5. The number of rotatable bonds is 17. The number of hydrogen-bond donors (Lipinski definition) is 4. The number of nitrogens with zero attached hydrogens (tertiary/aromatic N) is 3. The maximum Gasteiger partial charge on any atom is 0.251 e. The lowest BCUT2D eigenvalue weighted by Crippen LogP contribution is -2.62. The highest BCUT2D eigenvalue weighted by atomic mass is 32.2. The van der Waals surface area contributed by atoms with Crippen LogP contribution in [-0.2, 0) is 26.0 Å². The van der Waals surface area contributed by atoms with Crippen LogP contribution in [0.25, 0.3) is 11.1 Å². The summed E-state index contributed by atoms with van der Waals surface area (Å²) in [5, 5.41) is 29.4. The van der Waals surface area contributed by atoms with Crippen LogP contribution in [0.15, 0.2) is 36.4 Å². The van der Waals surface area contributed by atoms with Crippen molar-refractivity contribution in [2.45, 2.75) is 90.8 Å². The second-order valence-corrected chi connectivity index (χ2v) is 19.7. The van der Waals surface area contributed by atoms with Crippen molar-refractivity contribution in [2.24, 2.45) is 29.1 Å². The van der Waals surface area contributed by atoms with Crippen molar-refractivity contribution in [3.8, 4) is 16.9 Å². The van der Waals surface area contributed by atoms with Gasteiger partial charge in [-0.2, -0.15) is 5.06 Å². The van der Waals surface area contributed by atoms with Gasteiger partial charge in [0.15, 0.2) is 0 Å². The molecule has 13 nitrogen and oxygen atoms in total. The first-order valence-electron chi connectivity index (χ1n) is 20.0. The monoisotopic (exact) mass is 799 g/mol. The van der Waals surface area contributed by atoms with E-state index < -0.39 is 40.0 Å². The number of sulfone groups is 1. The van der Waals surface area contributed by atoms with Crippen molar-refractivity contribution in [1.29, 1.82) is 0 Å². The van der Waals surface area contributed by atoms with Gasteiger partial charge in [-0.1, -0.05) is 39.0 Å². The molecule has 312 valence electrons. The van der Waals surface area contributed by atoms with Gasteiger partial charge in [-0.15, -0.1) is 0 Å². The highest BCUT2D eigenvalue weighted by Gasteiger charge is 2.57. The third kappa shape index (κ3) is 9.70. The van der Waals surface area contributed by atoms with E-state index in [1.54, 1.807) is 24.1 Å². The molecular weight excluding hydrogens is 735 g/mol. The van der Waals surface area contributed by atoms with Crippen LogP contribution in [0.2, 0.25) is 0 Å². The molecule has 1 unspecified atom stereocenters. The Balaban J connectivity index is 1.47. The summed E-state index contributed by atoms with van der Waals surface area (Å²) >= 11 is 0. The summed E-state index contributed by atoms with van der Waals surface area (Å²) in [5.74, 6) is 0.693. The molecule has 2 amide bonds. The molecule has 1 saturated heterocycles. The lowest BCUT2D eigenvalue weighted by molar-refractivity contribution is -0.183. The fraction of sp³-hybridized carbons (Fsp3) is 0.667. The van der Waals surface area contributed by atoms with Crippen LogP contribution < -0.4 is 20.3 Å². The summed E-state index contributed by atoms with van der Waals surface area (Å²) < 4.78 is 30.3. The Bertz CT molecular complexity index is 1820. The summed E-state index contributed by atoms with van der Waals surface area (Å²) in [5.41, 5.74) is 3.64. The van der Waals surface area contributed by atoms with Gasteiger partial charge < -0.3 is 35.4 Å². The number of anilines is 1. The molecule has 0 aromatic heterocycles. The minimum Gasteiger partial charge on any atom is -0.493 e. The molecule has 4 fully saturated rings. The van der Waals surface area contributed by atoms with E-state index >= 15 is 0 Å². The van der Waals surface area contributed by atoms with Gasteiger partial charge in [-0.3, -0.25) is 14.4 Å². The molecule has 2 aromatic rings. The largest absolute Gasteiger partial charge is 0.493 e. The van der Waals surface area contributed by atoms with Gasteiger partial charge in [0, 0.05) is 67.3 Å². The minimum atomic E-state index is -3.22.